The van der Waals surface area contributed by atoms with Crippen molar-refractivity contribution in [2.75, 3.05) is 85.9 Å². The van der Waals surface area contributed by atoms with E-state index in [1.54, 1.807) is 7.11 Å². The summed E-state index contributed by atoms with van der Waals surface area (Å²) in [6.07, 6.45) is 0. The van der Waals surface area contributed by atoms with Crippen molar-refractivity contribution in [3.63, 3.8) is 0 Å². The summed E-state index contributed by atoms with van der Waals surface area (Å²) in [4.78, 5) is 9.85. The van der Waals surface area contributed by atoms with E-state index >= 15 is 0 Å². The lowest BCUT2D eigenvalue weighted by atomic mass is 10.0. The first kappa shape index (κ1) is 28.1. The Balaban J connectivity index is 0.00000385. The first-order chi connectivity index (χ1) is 15.7. The van der Waals surface area contributed by atoms with Crippen LogP contribution >= 0.6 is 24.0 Å². The van der Waals surface area contributed by atoms with Gasteiger partial charge in [-0.05, 0) is 30.5 Å². The predicted octanol–water partition coefficient (Wildman–Crippen LogP) is 2.21. The maximum Gasteiger partial charge on any atom is 0.191 e. The van der Waals surface area contributed by atoms with E-state index in [0.717, 1.165) is 90.5 Å². The van der Waals surface area contributed by atoms with Gasteiger partial charge in [-0.1, -0.05) is 19.1 Å². The molecule has 0 saturated carbocycles. The van der Waals surface area contributed by atoms with Gasteiger partial charge in [0.25, 0.3) is 0 Å². The fourth-order valence-electron chi connectivity index (χ4n) is 4.24. The number of methoxy groups -OCH3 is 1. The molecule has 0 radical (unpaired) electrons. The van der Waals surface area contributed by atoms with Crippen molar-refractivity contribution in [1.29, 1.82) is 0 Å². The van der Waals surface area contributed by atoms with Crippen LogP contribution in [0.15, 0.2) is 29.3 Å². The number of halogens is 1. The molecule has 0 bridgehead atoms. The summed E-state index contributed by atoms with van der Waals surface area (Å²) in [6, 6.07) is 8.65. The zero-order valence-electron chi connectivity index (χ0n) is 20.4. The minimum absolute atomic E-state index is 0. The van der Waals surface area contributed by atoms with Crippen molar-refractivity contribution in [2.24, 2.45) is 10.9 Å². The number of rotatable bonds is 10. The van der Waals surface area contributed by atoms with Gasteiger partial charge in [-0.15, -0.1) is 24.0 Å². The van der Waals surface area contributed by atoms with Gasteiger partial charge in [0.15, 0.2) is 5.96 Å². The highest BCUT2D eigenvalue weighted by atomic mass is 127. The van der Waals surface area contributed by atoms with Crippen molar-refractivity contribution in [2.45, 2.75) is 19.9 Å². The minimum atomic E-state index is 0. The fraction of sp³-hybridized carbons (Fsp3) is 0.708. The van der Waals surface area contributed by atoms with Crippen LogP contribution in [0, 0.1) is 5.92 Å². The van der Waals surface area contributed by atoms with Gasteiger partial charge in [0.1, 0.15) is 5.75 Å². The van der Waals surface area contributed by atoms with Crippen LogP contribution in [0.25, 0.3) is 0 Å². The van der Waals surface area contributed by atoms with Gasteiger partial charge in [-0.3, -0.25) is 14.8 Å². The van der Waals surface area contributed by atoms with E-state index in [9.17, 15) is 0 Å². The van der Waals surface area contributed by atoms with Crippen molar-refractivity contribution >= 4 is 29.9 Å². The van der Waals surface area contributed by atoms with Gasteiger partial charge in [-0.2, -0.15) is 0 Å². The molecule has 2 atom stereocenters. The van der Waals surface area contributed by atoms with E-state index < -0.39 is 0 Å². The van der Waals surface area contributed by atoms with Gasteiger partial charge in [0.05, 0.1) is 39.6 Å². The second-order valence-corrected chi connectivity index (χ2v) is 8.56. The van der Waals surface area contributed by atoms with Crippen molar-refractivity contribution < 1.29 is 14.2 Å². The molecular formula is C24H42IN5O3. The Labute approximate surface area is 216 Å². The Kier molecular flexibility index (Phi) is 13.4. The van der Waals surface area contributed by atoms with Crippen LogP contribution in [0.1, 0.15) is 25.5 Å². The summed E-state index contributed by atoms with van der Waals surface area (Å²) in [5.74, 6) is 2.26. The number of ether oxygens (including phenoxy) is 3. The summed E-state index contributed by atoms with van der Waals surface area (Å²) in [5.41, 5.74) is 1.27. The maximum atomic E-state index is 5.58. The Hall–Kier alpha value is -1.14. The largest absolute Gasteiger partial charge is 0.497 e. The van der Waals surface area contributed by atoms with Crippen LogP contribution in [0.3, 0.4) is 0 Å². The molecule has 33 heavy (non-hydrogen) atoms. The van der Waals surface area contributed by atoms with Gasteiger partial charge >= 0.3 is 0 Å². The Morgan fingerprint density at radius 1 is 1.03 bits per heavy atom. The lowest BCUT2D eigenvalue weighted by molar-refractivity contribution is 0.0170. The van der Waals surface area contributed by atoms with Crippen LogP contribution in [-0.4, -0.2) is 102 Å². The zero-order chi connectivity index (χ0) is 22.6. The number of morpholine rings is 2. The Morgan fingerprint density at radius 2 is 1.67 bits per heavy atom. The van der Waals surface area contributed by atoms with Gasteiger partial charge in [-0.25, -0.2) is 0 Å². The molecule has 1 aromatic rings. The predicted molar refractivity (Wildman–Crippen MR) is 144 cm³/mol. The monoisotopic (exact) mass is 575 g/mol. The zero-order valence-corrected chi connectivity index (χ0v) is 22.8. The summed E-state index contributed by atoms with van der Waals surface area (Å²) in [5, 5.41) is 7.01. The SMILES string of the molecule is CCNC(=NCC(C)CN1CCOCC1)NCC(c1ccc(OC)cc1)N1CCOCC1.I. The van der Waals surface area contributed by atoms with Gasteiger partial charge < -0.3 is 24.8 Å². The first-order valence-corrected chi connectivity index (χ1v) is 12.0. The molecule has 2 aliphatic rings. The summed E-state index contributed by atoms with van der Waals surface area (Å²) in [6.45, 7) is 15.0. The number of aliphatic imine (C=N–C) groups is 1. The average Bonchev–Trinajstić information content (AvgIpc) is 2.84. The van der Waals surface area contributed by atoms with E-state index in [0.29, 0.717) is 5.92 Å². The van der Waals surface area contributed by atoms with Crippen LogP contribution < -0.4 is 15.4 Å². The molecule has 2 unspecified atom stereocenters. The second kappa shape index (κ2) is 15.7. The Bertz CT molecular complexity index is 679. The van der Waals surface area contributed by atoms with E-state index in [-0.39, 0.29) is 30.0 Å². The van der Waals surface area contributed by atoms with Gasteiger partial charge in [0.2, 0.25) is 0 Å². The maximum absolute atomic E-state index is 5.58. The number of guanidine groups is 1. The molecular weight excluding hydrogens is 533 g/mol. The lowest BCUT2D eigenvalue weighted by Gasteiger charge is -2.35. The summed E-state index contributed by atoms with van der Waals surface area (Å²) < 4.78 is 16.4. The van der Waals surface area contributed by atoms with E-state index in [1.165, 1.54) is 5.56 Å². The number of nitrogens with one attached hydrogen (secondary N) is 2. The summed E-state index contributed by atoms with van der Waals surface area (Å²) >= 11 is 0. The van der Waals surface area contributed by atoms with Crippen molar-refractivity contribution in [3.8, 4) is 5.75 Å². The third-order valence-corrected chi connectivity index (χ3v) is 6.03. The molecule has 2 fully saturated rings. The molecule has 0 aliphatic carbocycles. The van der Waals surface area contributed by atoms with E-state index in [2.05, 4.69) is 46.4 Å². The van der Waals surface area contributed by atoms with E-state index in [4.69, 9.17) is 19.2 Å². The highest BCUT2D eigenvalue weighted by Gasteiger charge is 2.23. The quantitative estimate of drug-likeness (QED) is 0.252. The Morgan fingerprint density at radius 3 is 2.27 bits per heavy atom. The molecule has 9 heteroatoms. The number of nitrogens with zero attached hydrogens (tertiary/aromatic N) is 3. The number of benzene rings is 1. The number of hydrogen-bond donors (Lipinski definition) is 2. The first-order valence-electron chi connectivity index (χ1n) is 12.0. The molecule has 2 N–H and O–H groups in total. The molecule has 1 aromatic carbocycles. The molecule has 0 aromatic heterocycles. The normalized spacial score (nSPS) is 19.9. The highest BCUT2D eigenvalue weighted by Crippen LogP contribution is 2.23. The highest BCUT2D eigenvalue weighted by molar-refractivity contribution is 14.0. The van der Waals surface area contributed by atoms with Crippen LogP contribution in [0.2, 0.25) is 0 Å². The topological polar surface area (TPSA) is 70.6 Å². The molecule has 2 aliphatic heterocycles. The standard InChI is InChI=1S/C24H41N5O3.HI/c1-4-25-24(26-17-20(2)19-28-9-13-31-14-10-28)27-18-23(29-11-15-32-16-12-29)21-5-7-22(30-3)8-6-21;/h5-8,20,23H,4,9-19H2,1-3H3,(H2,25,26,27);1H. The molecule has 2 heterocycles. The van der Waals surface area contributed by atoms with Crippen LogP contribution in [-0.2, 0) is 9.47 Å². The number of hydrogen-bond acceptors (Lipinski definition) is 6. The van der Waals surface area contributed by atoms with Crippen molar-refractivity contribution in [3.05, 3.63) is 29.8 Å². The van der Waals surface area contributed by atoms with Crippen molar-refractivity contribution in [1.82, 2.24) is 20.4 Å². The smallest absolute Gasteiger partial charge is 0.191 e. The van der Waals surface area contributed by atoms with Crippen LogP contribution in [0.4, 0.5) is 0 Å². The third kappa shape index (κ3) is 9.56. The molecule has 188 valence electrons. The fourth-order valence-corrected chi connectivity index (χ4v) is 4.24. The van der Waals surface area contributed by atoms with Gasteiger partial charge in [0, 0.05) is 52.4 Å². The molecule has 2 saturated heterocycles. The molecule has 0 spiro atoms. The van der Waals surface area contributed by atoms with Crippen LogP contribution in [0.5, 0.6) is 5.75 Å². The third-order valence-electron chi connectivity index (χ3n) is 6.03. The summed E-state index contributed by atoms with van der Waals surface area (Å²) in [7, 11) is 1.70. The molecule has 0 amide bonds. The minimum Gasteiger partial charge on any atom is -0.497 e. The second-order valence-electron chi connectivity index (χ2n) is 8.56. The average molecular weight is 576 g/mol. The molecule has 8 nitrogen and oxygen atoms in total. The van der Waals surface area contributed by atoms with E-state index in [1.807, 2.05) is 12.1 Å². The lowest BCUT2D eigenvalue weighted by Crippen LogP contribution is -2.46. The molecule has 3 rings (SSSR count).